The van der Waals surface area contributed by atoms with Crippen LogP contribution in [0.15, 0.2) is 18.6 Å². The molecule has 0 atom stereocenters. The normalized spacial score (nSPS) is 20.6. The molecular weight excluding hydrogens is 326 g/mol. The minimum Gasteiger partial charge on any atom is -0.356 e. The Labute approximate surface area is 155 Å². The highest BCUT2D eigenvalue weighted by Crippen LogP contribution is 2.46. The fourth-order valence-electron chi connectivity index (χ4n) is 4.87. The van der Waals surface area contributed by atoms with Crippen molar-refractivity contribution in [1.29, 1.82) is 0 Å². The van der Waals surface area contributed by atoms with E-state index in [4.69, 9.17) is 0 Å². The van der Waals surface area contributed by atoms with Crippen LogP contribution < -0.4 is 4.90 Å². The number of nitrogens with one attached hydrogen (secondary N) is 1. The van der Waals surface area contributed by atoms with E-state index in [2.05, 4.69) is 37.9 Å². The molecule has 3 heterocycles. The van der Waals surface area contributed by atoms with Gasteiger partial charge in [-0.2, -0.15) is 0 Å². The first-order chi connectivity index (χ1) is 12.6. The maximum atomic E-state index is 11.9. The van der Waals surface area contributed by atoms with E-state index in [1.807, 2.05) is 13.1 Å². The summed E-state index contributed by atoms with van der Waals surface area (Å²) in [4.78, 5) is 28.4. The molecule has 0 aromatic carbocycles. The molecule has 6 nitrogen and oxygen atoms in total. The number of hydrogen-bond donors (Lipinski definition) is 1. The van der Waals surface area contributed by atoms with Crippen molar-refractivity contribution in [1.82, 2.24) is 19.9 Å². The molecule has 2 aliphatic rings. The highest BCUT2D eigenvalue weighted by atomic mass is 16.2. The predicted molar refractivity (Wildman–Crippen MR) is 103 cm³/mol. The number of rotatable bonds is 3. The molecule has 26 heavy (non-hydrogen) atoms. The van der Waals surface area contributed by atoms with Crippen LogP contribution in [0.25, 0.3) is 11.0 Å². The number of carbonyl (C=O) groups is 1. The number of nitrogens with zero attached hydrogens (tertiary/aromatic N) is 4. The van der Waals surface area contributed by atoms with Gasteiger partial charge < -0.3 is 14.8 Å². The van der Waals surface area contributed by atoms with E-state index < -0.39 is 0 Å². The highest BCUT2D eigenvalue weighted by Gasteiger charge is 2.39. The van der Waals surface area contributed by atoms with Crippen LogP contribution in [-0.2, 0) is 4.79 Å². The van der Waals surface area contributed by atoms with E-state index in [9.17, 15) is 4.79 Å². The molecule has 4 rings (SSSR count). The molecule has 1 aliphatic heterocycles. The topological polar surface area (TPSA) is 65.1 Å². The van der Waals surface area contributed by atoms with Gasteiger partial charge in [-0.3, -0.25) is 4.79 Å². The van der Waals surface area contributed by atoms with Crippen molar-refractivity contribution in [2.24, 2.45) is 5.41 Å². The molecule has 2 aromatic heterocycles. The molecule has 1 spiro atoms. The molecule has 2 fully saturated rings. The zero-order valence-electron chi connectivity index (χ0n) is 15.9. The van der Waals surface area contributed by atoms with E-state index in [-0.39, 0.29) is 0 Å². The van der Waals surface area contributed by atoms with Gasteiger partial charge in [0.2, 0.25) is 5.91 Å². The van der Waals surface area contributed by atoms with Gasteiger partial charge in [-0.1, -0.05) is 6.92 Å². The number of carbonyl (C=O) groups excluding carboxylic acids is 1. The molecule has 0 bridgehead atoms. The Morgan fingerprint density at radius 2 is 2.00 bits per heavy atom. The van der Waals surface area contributed by atoms with E-state index in [0.717, 1.165) is 29.9 Å². The lowest BCUT2D eigenvalue weighted by Crippen LogP contribution is -2.46. The molecule has 1 amide bonds. The average Bonchev–Trinajstić information content (AvgIpc) is 3.17. The average molecular weight is 355 g/mol. The fraction of sp³-hybridized carbons (Fsp3) is 0.650. The predicted octanol–water partition coefficient (Wildman–Crippen LogP) is 3.36. The summed E-state index contributed by atoms with van der Waals surface area (Å²) in [5.74, 6) is 1.34. The fourth-order valence-corrected chi connectivity index (χ4v) is 4.87. The van der Waals surface area contributed by atoms with E-state index in [1.165, 1.54) is 38.5 Å². The monoisotopic (exact) mass is 355 g/mol. The molecule has 1 saturated carbocycles. The number of aromatic nitrogens is 3. The SMILES string of the molecule is CCC(=O)N1CCC2(CCC(N(C)c3ncnc4[nH]ccc34)CC2)CC1. The van der Waals surface area contributed by atoms with Crippen LogP contribution in [0.5, 0.6) is 0 Å². The van der Waals surface area contributed by atoms with Crippen LogP contribution >= 0.6 is 0 Å². The largest absolute Gasteiger partial charge is 0.356 e. The van der Waals surface area contributed by atoms with Gasteiger partial charge in [-0.05, 0) is 50.0 Å². The number of H-pyrrole nitrogens is 1. The van der Waals surface area contributed by atoms with Crippen molar-refractivity contribution in [3.8, 4) is 0 Å². The first kappa shape index (κ1) is 17.3. The van der Waals surface area contributed by atoms with Gasteiger partial charge in [-0.25, -0.2) is 9.97 Å². The number of anilines is 1. The zero-order valence-corrected chi connectivity index (χ0v) is 15.9. The van der Waals surface area contributed by atoms with Gasteiger partial charge in [0.1, 0.15) is 17.8 Å². The number of amides is 1. The molecule has 1 saturated heterocycles. The Morgan fingerprint density at radius 1 is 1.27 bits per heavy atom. The second-order valence-corrected chi connectivity index (χ2v) is 8.01. The van der Waals surface area contributed by atoms with Crippen molar-refractivity contribution in [2.75, 3.05) is 25.0 Å². The van der Waals surface area contributed by atoms with Crippen molar-refractivity contribution in [3.05, 3.63) is 18.6 Å². The first-order valence-electron chi connectivity index (χ1n) is 9.90. The molecule has 1 N–H and O–H groups in total. The number of hydrogen-bond acceptors (Lipinski definition) is 4. The second-order valence-electron chi connectivity index (χ2n) is 8.01. The first-order valence-corrected chi connectivity index (χ1v) is 9.90. The van der Waals surface area contributed by atoms with Gasteiger partial charge in [0, 0.05) is 38.8 Å². The Bertz CT molecular complexity index is 767. The van der Waals surface area contributed by atoms with Crippen LogP contribution in [0.2, 0.25) is 0 Å². The lowest BCUT2D eigenvalue weighted by Gasteiger charge is -2.47. The summed E-state index contributed by atoms with van der Waals surface area (Å²) < 4.78 is 0. The molecule has 1 aliphatic carbocycles. The van der Waals surface area contributed by atoms with Gasteiger partial charge in [0.25, 0.3) is 0 Å². The smallest absolute Gasteiger partial charge is 0.222 e. The van der Waals surface area contributed by atoms with Crippen LogP contribution in [0, 0.1) is 5.41 Å². The van der Waals surface area contributed by atoms with Crippen LogP contribution in [0.4, 0.5) is 5.82 Å². The number of fused-ring (bicyclic) bond motifs is 1. The van der Waals surface area contributed by atoms with Crippen molar-refractivity contribution >= 4 is 22.8 Å². The molecule has 6 heteroatoms. The van der Waals surface area contributed by atoms with E-state index in [0.29, 0.717) is 23.8 Å². The summed E-state index contributed by atoms with van der Waals surface area (Å²) in [5.41, 5.74) is 1.36. The van der Waals surface area contributed by atoms with Crippen LogP contribution in [0.3, 0.4) is 0 Å². The van der Waals surface area contributed by atoms with Crippen molar-refractivity contribution in [3.63, 3.8) is 0 Å². The van der Waals surface area contributed by atoms with Gasteiger partial charge in [0.05, 0.1) is 5.39 Å². The lowest BCUT2D eigenvalue weighted by atomic mass is 9.66. The maximum Gasteiger partial charge on any atom is 0.222 e. The van der Waals surface area contributed by atoms with E-state index >= 15 is 0 Å². The van der Waals surface area contributed by atoms with Crippen molar-refractivity contribution < 1.29 is 4.79 Å². The van der Waals surface area contributed by atoms with Gasteiger partial charge in [-0.15, -0.1) is 0 Å². The Kier molecular flexibility index (Phi) is 4.59. The summed E-state index contributed by atoms with van der Waals surface area (Å²) in [7, 11) is 2.17. The minimum atomic E-state index is 0.313. The third-order valence-corrected chi connectivity index (χ3v) is 6.71. The number of piperidine rings is 1. The van der Waals surface area contributed by atoms with Gasteiger partial charge in [0.15, 0.2) is 0 Å². The third-order valence-electron chi connectivity index (χ3n) is 6.71. The quantitative estimate of drug-likeness (QED) is 0.917. The lowest BCUT2D eigenvalue weighted by molar-refractivity contribution is -0.133. The van der Waals surface area contributed by atoms with Gasteiger partial charge >= 0.3 is 0 Å². The van der Waals surface area contributed by atoms with Crippen LogP contribution in [-0.4, -0.2) is 51.9 Å². The Balaban J connectivity index is 1.39. The molecule has 2 aromatic rings. The summed E-state index contributed by atoms with van der Waals surface area (Å²) in [6, 6.07) is 2.59. The molecule has 0 unspecified atom stereocenters. The van der Waals surface area contributed by atoms with Crippen molar-refractivity contribution in [2.45, 2.75) is 57.9 Å². The molecule has 0 radical (unpaired) electrons. The van der Waals surface area contributed by atoms with Crippen LogP contribution in [0.1, 0.15) is 51.9 Å². The standard InChI is InChI=1S/C20H29N5O/c1-3-17(26)25-12-9-20(10-13-25)7-4-15(5-8-20)24(2)19-16-6-11-21-18(16)22-14-23-19/h6,11,14-15H,3-5,7-10,12-13H2,1-2H3,(H,21,22,23). The second kappa shape index (κ2) is 6.89. The summed E-state index contributed by atoms with van der Waals surface area (Å²) >= 11 is 0. The van der Waals surface area contributed by atoms with E-state index in [1.54, 1.807) is 6.33 Å². The summed E-state index contributed by atoms with van der Waals surface area (Å²) in [5, 5.41) is 1.10. The Morgan fingerprint density at radius 3 is 2.69 bits per heavy atom. The maximum absolute atomic E-state index is 11.9. The summed E-state index contributed by atoms with van der Waals surface area (Å²) in [6.45, 7) is 3.86. The minimum absolute atomic E-state index is 0.313. The number of aromatic amines is 1. The highest BCUT2D eigenvalue weighted by molar-refractivity contribution is 5.87. The molecule has 140 valence electrons. The number of likely N-dealkylation sites (tertiary alicyclic amines) is 1. The summed E-state index contributed by atoms with van der Waals surface area (Å²) in [6.07, 6.45) is 11.5. The third kappa shape index (κ3) is 3.06. The Hall–Kier alpha value is -2.11. The molecular formula is C20H29N5O. The zero-order chi connectivity index (χ0) is 18.1.